The van der Waals surface area contributed by atoms with E-state index in [0.717, 1.165) is 12.3 Å². The summed E-state index contributed by atoms with van der Waals surface area (Å²) < 4.78 is 52.5. The summed E-state index contributed by atoms with van der Waals surface area (Å²) in [6.45, 7) is 0. The Morgan fingerprint density at radius 2 is 1.86 bits per heavy atom. The van der Waals surface area contributed by atoms with E-state index in [4.69, 9.17) is 9.84 Å². The number of hydrogen-bond donors (Lipinski definition) is 2. The molecule has 1 aromatic rings. The molecule has 0 aliphatic heterocycles. The van der Waals surface area contributed by atoms with Crippen LogP contribution in [0.4, 0.5) is 5.69 Å². The van der Waals surface area contributed by atoms with Crippen LogP contribution >= 0.6 is 0 Å². The molecule has 0 aliphatic rings. The van der Waals surface area contributed by atoms with Crippen molar-refractivity contribution in [3.05, 3.63) is 23.8 Å². The van der Waals surface area contributed by atoms with E-state index in [2.05, 4.69) is 4.72 Å². The molecule has 21 heavy (non-hydrogen) atoms. The number of rotatable bonds is 7. The van der Waals surface area contributed by atoms with Gasteiger partial charge in [-0.3, -0.25) is 4.72 Å². The normalized spacial score (nSPS) is 11.9. The maximum atomic E-state index is 11.8. The summed E-state index contributed by atoms with van der Waals surface area (Å²) in [6.07, 6.45) is 0.915. The molecule has 0 aromatic heterocycles. The van der Waals surface area contributed by atoms with Crippen molar-refractivity contribution in [2.45, 2.75) is 0 Å². The number of methoxy groups -OCH3 is 1. The zero-order valence-electron chi connectivity index (χ0n) is 11.4. The van der Waals surface area contributed by atoms with Gasteiger partial charge in [0.25, 0.3) is 0 Å². The zero-order chi connectivity index (χ0) is 16.3. The van der Waals surface area contributed by atoms with E-state index in [0.29, 0.717) is 0 Å². The summed E-state index contributed by atoms with van der Waals surface area (Å²) >= 11 is 0. The maximum absolute atomic E-state index is 11.8. The van der Waals surface area contributed by atoms with E-state index >= 15 is 0 Å². The second-order valence-electron chi connectivity index (χ2n) is 4.27. The topological polar surface area (TPSA) is 127 Å². The number of benzene rings is 1. The van der Waals surface area contributed by atoms with Crippen LogP contribution in [-0.2, 0) is 19.9 Å². The molecule has 0 atom stereocenters. The van der Waals surface area contributed by atoms with Crippen molar-refractivity contribution in [1.29, 1.82) is 0 Å². The molecule has 0 aliphatic carbocycles. The molecular formula is C11H15NO7S2. The summed E-state index contributed by atoms with van der Waals surface area (Å²) in [7, 11) is -6.07. The lowest BCUT2D eigenvalue weighted by molar-refractivity contribution is 0.0697. The van der Waals surface area contributed by atoms with Crippen molar-refractivity contribution >= 4 is 31.5 Å². The van der Waals surface area contributed by atoms with Crippen LogP contribution in [0.5, 0.6) is 5.75 Å². The lowest BCUT2D eigenvalue weighted by Crippen LogP contribution is -2.23. The smallest absolute Gasteiger partial charge is 0.337 e. The van der Waals surface area contributed by atoms with Crippen LogP contribution in [0, 0.1) is 0 Å². The number of carbonyl (C=O) groups is 1. The molecule has 8 nitrogen and oxygen atoms in total. The minimum atomic E-state index is -3.98. The van der Waals surface area contributed by atoms with Gasteiger partial charge in [0.15, 0.2) is 0 Å². The molecule has 10 heteroatoms. The van der Waals surface area contributed by atoms with Crippen molar-refractivity contribution in [2.24, 2.45) is 0 Å². The molecule has 0 amide bonds. The number of hydrogen-bond acceptors (Lipinski definition) is 6. The second kappa shape index (κ2) is 6.31. The molecule has 1 aromatic carbocycles. The standard InChI is InChI=1S/C11H15NO7S2/c1-19-8-3-4-10(9(7-8)11(13)14)12-21(17,18)6-5-20(2,15)16/h3-4,7,12H,5-6H2,1-2H3,(H,13,14). The number of carboxylic acid groups (broad SMARTS) is 1. The van der Waals surface area contributed by atoms with Gasteiger partial charge in [-0.1, -0.05) is 0 Å². The summed E-state index contributed by atoms with van der Waals surface area (Å²) in [6, 6.07) is 3.79. The van der Waals surface area contributed by atoms with Gasteiger partial charge in [-0.25, -0.2) is 21.6 Å². The quantitative estimate of drug-likeness (QED) is 0.726. The molecule has 0 bridgehead atoms. The Balaban J connectivity index is 3.04. The first-order valence-corrected chi connectivity index (χ1v) is 9.35. The predicted octanol–water partition coefficient (Wildman–Crippen LogP) is 0.180. The van der Waals surface area contributed by atoms with Gasteiger partial charge >= 0.3 is 5.97 Å². The van der Waals surface area contributed by atoms with E-state index in [9.17, 15) is 21.6 Å². The number of ether oxygens (including phenoxy) is 1. The molecule has 0 fully saturated rings. The third-order valence-electron chi connectivity index (χ3n) is 2.45. The van der Waals surface area contributed by atoms with Gasteiger partial charge in [-0.05, 0) is 18.2 Å². The molecule has 0 unspecified atom stereocenters. The van der Waals surface area contributed by atoms with Crippen LogP contribution in [0.3, 0.4) is 0 Å². The maximum Gasteiger partial charge on any atom is 0.337 e. The van der Waals surface area contributed by atoms with Crippen LogP contribution < -0.4 is 9.46 Å². The highest BCUT2D eigenvalue weighted by Gasteiger charge is 2.19. The summed E-state index contributed by atoms with van der Waals surface area (Å²) in [4.78, 5) is 11.1. The highest BCUT2D eigenvalue weighted by molar-refractivity contribution is 7.95. The Labute approximate surface area is 122 Å². The highest BCUT2D eigenvalue weighted by Crippen LogP contribution is 2.23. The third-order valence-corrected chi connectivity index (χ3v) is 4.92. The Kier molecular flexibility index (Phi) is 5.18. The largest absolute Gasteiger partial charge is 0.497 e. The summed E-state index contributed by atoms with van der Waals surface area (Å²) in [5, 5.41) is 9.06. The molecule has 0 saturated carbocycles. The highest BCUT2D eigenvalue weighted by atomic mass is 32.2. The summed E-state index contributed by atoms with van der Waals surface area (Å²) in [5.74, 6) is -2.29. The Morgan fingerprint density at radius 1 is 1.24 bits per heavy atom. The zero-order valence-corrected chi connectivity index (χ0v) is 13.0. The van der Waals surface area contributed by atoms with Gasteiger partial charge in [0.2, 0.25) is 10.0 Å². The minimum absolute atomic E-state index is 0.156. The van der Waals surface area contributed by atoms with Gasteiger partial charge in [0, 0.05) is 6.26 Å². The first kappa shape index (κ1) is 17.2. The fourth-order valence-corrected chi connectivity index (χ4v) is 4.10. The molecule has 1 rings (SSSR count). The SMILES string of the molecule is COc1ccc(NS(=O)(=O)CCS(C)(=O)=O)c(C(=O)O)c1. The van der Waals surface area contributed by atoms with Gasteiger partial charge in [0.05, 0.1) is 29.9 Å². The van der Waals surface area contributed by atoms with Crippen LogP contribution in [0.1, 0.15) is 10.4 Å². The minimum Gasteiger partial charge on any atom is -0.497 e. The first-order valence-electron chi connectivity index (χ1n) is 5.63. The molecule has 0 spiro atoms. The van der Waals surface area contributed by atoms with E-state index in [1.54, 1.807) is 0 Å². The van der Waals surface area contributed by atoms with Crippen molar-refractivity contribution in [2.75, 3.05) is 29.6 Å². The number of anilines is 1. The van der Waals surface area contributed by atoms with Crippen molar-refractivity contribution < 1.29 is 31.5 Å². The Morgan fingerprint density at radius 3 is 2.33 bits per heavy atom. The molecule has 0 radical (unpaired) electrons. The van der Waals surface area contributed by atoms with E-state index < -0.39 is 37.3 Å². The molecule has 0 saturated heterocycles. The van der Waals surface area contributed by atoms with E-state index in [-0.39, 0.29) is 17.0 Å². The van der Waals surface area contributed by atoms with Crippen LogP contribution in [0.25, 0.3) is 0 Å². The van der Waals surface area contributed by atoms with Crippen LogP contribution in [-0.4, -0.2) is 52.8 Å². The number of aromatic carboxylic acids is 1. The molecule has 118 valence electrons. The van der Waals surface area contributed by atoms with Crippen LogP contribution in [0.2, 0.25) is 0 Å². The van der Waals surface area contributed by atoms with E-state index in [1.807, 2.05) is 0 Å². The fourth-order valence-electron chi connectivity index (χ4n) is 1.40. The monoisotopic (exact) mass is 337 g/mol. The van der Waals surface area contributed by atoms with Gasteiger partial charge < -0.3 is 9.84 Å². The van der Waals surface area contributed by atoms with Crippen molar-refractivity contribution in [3.8, 4) is 5.75 Å². The number of nitrogens with one attached hydrogen (secondary N) is 1. The average molecular weight is 337 g/mol. The third kappa shape index (κ3) is 5.60. The predicted molar refractivity (Wildman–Crippen MR) is 77.1 cm³/mol. The van der Waals surface area contributed by atoms with Gasteiger partial charge in [-0.15, -0.1) is 0 Å². The summed E-state index contributed by atoms with van der Waals surface area (Å²) in [5.41, 5.74) is -0.450. The fraction of sp³-hybridized carbons (Fsp3) is 0.364. The average Bonchev–Trinajstić information content (AvgIpc) is 2.35. The second-order valence-corrected chi connectivity index (χ2v) is 8.37. The van der Waals surface area contributed by atoms with Gasteiger partial charge in [0.1, 0.15) is 15.6 Å². The number of carboxylic acids is 1. The molecule has 0 heterocycles. The van der Waals surface area contributed by atoms with Crippen molar-refractivity contribution in [1.82, 2.24) is 0 Å². The van der Waals surface area contributed by atoms with E-state index in [1.165, 1.54) is 19.2 Å². The van der Waals surface area contributed by atoms with Crippen molar-refractivity contribution in [3.63, 3.8) is 0 Å². The van der Waals surface area contributed by atoms with Gasteiger partial charge in [-0.2, -0.15) is 0 Å². The molecule has 2 N–H and O–H groups in total. The Hall–Kier alpha value is -1.81. The molecular weight excluding hydrogens is 322 g/mol. The lowest BCUT2D eigenvalue weighted by Gasteiger charge is -2.11. The number of sulfonamides is 1. The Bertz CT molecular complexity index is 738. The lowest BCUT2D eigenvalue weighted by atomic mass is 10.2. The first-order chi connectivity index (χ1) is 9.54. The number of sulfone groups is 1. The van der Waals surface area contributed by atoms with Crippen LogP contribution in [0.15, 0.2) is 18.2 Å².